The van der Waals surface area contributed by atoms with Gasteiger partial charge in [0.1, 0.15) is 5.65 Å². The number of thiophene rings is 1. The average Bonchev–Trinajstić information content (AvgIpc) is 3.37. The van der Waals surface area contributed by atoms with Crippen LogP contribution >= 0.6 is 27.3 Å². The van der Waals surface area contributed by atoms with Gasteiger partial charge in [0, 0.05) is 45.3 Å². The van der Waals surface area contributed by atoms with E-state index in [1.807, 2.05) is 67.8 Å². The van der Waals surface area contributed by atoms with Crippen LogP contribution in [0.1, 0.15) is 23.0 Å². The van der Waals surface area contributed by atoms with Crippen molar-refractivity contribution >= 4 is 44.6 Å². The maximum Gasteiger partial charge on any atom is 0.160 e. The van der Waals surface area contributed by atoms with E-state index in [9.17, 15) is 4.79 Å². The van der Waals surface area contributed by atoms with Gasteiger partial charge in [0.05, 0.1) is 4.88 Å². The van der Waals surface area contributed by atoms with Crippen LogP contribution in [0.3, 0.4) is 0 Å². The van der Waals surface area contributed by atoms with Crippen molar-refractivity contribution in [2.24, 2.45) is 11.5 Å². The molecule has 3 heterocycles. The number of fused-ring (bicyclic) bond motifs is 1. The van der Waals surface area contributed by atoms with E-state index in [4.69, 9.17) is 11.5 Å². The van der Waals surface area contributed by atoms with E-state index in [-0.39, 0.29) is 6.04 Å². The minimum atomic E-state index is 0.0939. The second kappa shape index (κ2) is 12.3. The standard InChI is InChI=1S/C12H7BrN2OS.C10H18N2/c13-10-5-7(6-16)17-11(10)8-1-3-14-12-9(8)2-4-15-12;1-2-3-4-5-6-7-8-10(12)9-11/h1-6H,(H,14,15);2-7,10H,8-9,11-12H2,1H3/b;3-2-,5-4-,7-6+. The fraction of sp³-hybridized carbons (Fsp3) is 0.182. The van der Waals surface area contributed by atoms with E-state index in [1.165, 1.54) is 11.3 Å². The summed E-state index contributed by atoms with van der Waals surface area (Å²) in [7, 11) is 0. The number of hydrogen-bond donors (Lipinski definition) is 3. The van der Waals surface area contributed by atoms with Crippen LogP contribution in [0.2, 0.25) is 0 Å². The van der Waals surface area contributed by atoms with Crippen LogP contribution in [-0.2, 0) is 0 Å². The first-order valence-corrected chi connectivity index (χ1v) is 10.8. The molecule has 0 fully saturated rings. The molecule has 152 valence electrons. The molecule has 1 atom stereocenters. The lowest BCUT2D eigenvalue weighted by molar-refractivity contribution is 0.112. The highest BCUT2D eigenvalue weighted by Gasteiger charge is 2.12. The molecule has 0 saturated carbocycles. The largest absolute Gasteiger partial charge is 0.346 e. The maximum atomic E-state index is 10.8. The van der Waals surface area contributed by atoms with E-state index >= 15 is 0 Å². The average molecular weight is 473 g/mol. The first kappa shape index (κ1) is 23.0. The first-order chi connectivity index (χ1) is 14.1. The van der Waals surface area contributed by atoms with E-state index in [2.05, 4.69) is 25.9 Å². The number of nitrogens with one attached hydrogen (secondary N) is 1. The lowest BCUT2D eigenvalue weighted by Crippen LogP contribution is -2.28. The molecule has 1 unspecified atom stereocenters. The highest BCUT2D eigenvalue weighted by atomic mass is 79.9. The molecule has 0 aliphatic carbocycles. The van der Waals surface area contributed by atoms with Crippen LogP contribution in [0.5, 0.6) is 0 Å². The van der Waals surface area contributed by atoms with Crippen molar-refractivity contribution in [3.05, 3.63) is 76.4 Å². The fourth-order valence-corrected chi connectivity index (χ4v) is 4.21. The Morgan fingerprint density at radius 1 is 1.28 bits per heavy atom. The van der Waals surface area contributed by atoms with Gasteiger partial charge >= 0.3 is 0 Å². The Bertz CT molecular complexity index is 1000. The third-order valence-corrected chi connectivity index (χ3v) is 5.91. The molecule has 0 spiro atoms. The van der Waals surface area contributed by atoms with E-state index in [0.29, 0.717) is 11.4 Å². The van der Waals surface area contributed by atoms with Crippen molar-refractivity contribution in [1.82, 2.24) is 9.97 Å². The van der Waals surface area contributed by atoms with Gasteiger partial charge in [-0.25, -0.2) is 4.98 Å². The van der Waals surface area contributed by atoms with Crippen LogP contribution in [-0.4, -0.2) is 28.8 Å². The number of aromatic amines is 1. The van der Waals surface area contributed by atoms with Crippen LogP contribution in [0.4, 0.5) is 0 Å². The number of halogens is 1. The van der Waals surface area contributed by atoms with Gasteiger partial charge in [-0.05, 0) is 47.5 Å². The highest BCUT2D eigenvalue weighted by Crippen LogP contribution is 2.38. The van der Waals surface area contributed by atoms with Gasteiger partial charge in [0.25, 0.3) is 0 Å². The summed E-state index contributed by atoms with van der Waals surface area (Å²) in [5, 5.41) is 1.06. The molecule has 0 saturated heterocycles. The van der Waals surface area contributed by atoms with Crippen molar-refractivity contribution in [3.63, 3.8) is 0 Å². The Morgan fingerprint density at radius 3 is 2.76 bits per heavy atom. The number of allylic oxidation sites excluding steroid dienone is 5. The summed E-state index contributed by atoms with van der Waals surface area (Å²) in [6.07, 6.45) is 17.3. The molecule has 0 amide bonds. The summed E-state index contributed by atoms with van der Waals surface area (Å²) in [4.78, 5) is 19.9. The zero-order valence-electron chi connectivity index (χ0n) is 16.2. The number of hydrogen-bond acceptors (Lipinski definition) is 5. The molecule has 7 heteroatoms. The summed E-state index contributed by atoms with van der Waals surface area (Å²) in [6.45, 7) is 2.53. The van der Waals surface area contributed by atoms with Crippen molar-refractivity contribution in [3.8, 4) is 10.4 Å². The maximum absolute atomic E-state index is 10.8. The number of carbonyl (C=O) groups excluding carboxylic acids is 1. The minimum absolute atomic E-state index is 0.0939. The number of pyridine rings is 1. The van der Waals surface area contributed by atoms with E-state index in [1.54, 1.807) is 6.20 Å². The van der Waals surface area contributed by atoms with Crippen molar-refractivity contribution in [1.29, 1.82) is 0 Å². The van der Waals surface area contributed by atoms with Gasteiger partial charge in [-0.1, -0.05) is 36.5 Å². The van der Waals surface area contributed by atoms with Crippen LogP contribution < -0.4 is 11.5 Å². The topological polar surface area (TPSA) is 97.8 Å². The fourth-order valence-electron chi connectivity index (χ4n) is 2.45. The summed E-state index contributed by atoms with van der Waals surface area (Å²) in [5.74, 6) is 0. The Kier molecular flexibility index (Phi) is 9.73. The smallest absolute Gasteiger partial charge is 0.160 e. The Hall–Kier alpha value is -2.32. The quantitative estimate of drug-likeness (QED) is 0.324. The van der Waals surface area contributed by atoms with E-state index in [0.717, 1.165) is 38.7 Å². The number of H-pyrrole nitrogens is 1. The Morgan fingerprint density at radius 2 is 2.07 bits per heavy atom. The summed E-state index contributed by atoms with van der Waals surface area (Å²) < 4.78 is 0.943. The van der Waals surface area contributed by atoms with Gasteiger partial charge in [-0.3, -0.25) is 4.79 Å². The Labute approximate surface area is 183 Å². The molecule has 5 N–H and O–H groups in total. The lowest BCUT2D eigenvalue weighted by Gasteiger charge is -2.01. The number of carbonyl (C=O) groups is 1. The lowest BCUT2D eigenvalue weighted by atomic mass is 10.1. The van der Waals surface area contributed by atoms with Gasteiger partial charge in [-0.2, -0.15) is 0 Å². The number of rotatable bonds is 7. The number of aromatic nitrogens is 2. The molecule has 0 aliphatic rings. The minimum Gasteiger partial charge on any atom is -0.346 e. The predicted octanol–water partition coefficient (Wildman–Crippen LogP) is 5.22. The van der Waals surface area contributed by atoms with Crippen LogP contribution in [0, 0.1) is 0 Å². The zero-order chi connectivity index (χ0) is 21.1. The van der Waals surface area contributed by atoms with Crippen molar-refractivity contribution in [2.45, 2.75) is 19.4 Å². The summed E-state index contributed by atoms with van der Waals surface area (Å²) >= 11 is 4.96. The third kappa shape index (κ3) is 6.90. The monoisotopic (exact) mass is 472 g/mol. The van der Waals surface area contributed by atoms with E-state index < -0.39 is 0 Å². The first-order valence-electron chi connectivity index (χ1n) is 9.17. The predicted molar refractivity (Wildman–Crippen MR) is 127 cm³/mol. The molecule has 5 nitrogen and oxygen atoms in total. The molecule has 3 rings (SSSR count). The molecular weight excluding hydrogens is 448 g/mol. The molecule has 3 aromatic heterocycles. The molecule has 0 bridgehead atoms. The van der Waals surface area contributed by atoms with Crippen molar-refractivity contribution in [2.75, 3.05) is 6.54 Å². The number of nitrogens with zero attached hydrogens (tertiary/aromatic N) is 1. The number of nitrogens with two attached hydrogens (primary N) is 2. The van der Waals surface area contributed by atoms with Gasteiger partial charge in [-0.15, -0.1) is 11.3 Å². The molecule has 3 aromatic rings. The zero-order valence-corrected chi connectivity index (χ0v) is 18.6. The molecule has 0 aromatic carbocycles. The SMILES string of the molecule is C\C=C/C=C\C=C\CC(N)CN.O=Cc1cc(Br)c(-c2ccnc3[nH]ccc23)s1. The summed E-state index contributed by atoms with van der Waals surface area (Å²) in [6, 6.07) is 5.88. The van der Waals surface area contributed by atoms with Gasteiger partial charge < -0.3 is 16.5 Å². The van der Waals surface area contributed by atoms with Crippen LogP contribution in [0.25, 0.3) is 21.5 Å². The molecule has 29 heavy (non-hydrogen) atoms. The molecule has 0 radical (unpaired) electrons. The Balaban J connectivity index is 0.000000223. The highest BCUT2D eigenvalue weighted by molar-refractivity contribution is 9.10. The number of aldehydes is 1. The van der Waals surface area contributed by atoms with Gasteiger partial charge in [0.2, 0.25) is 0 Å². The second-order valence-corrected chi connectivity index (χ2v) is 8.05. The molecule has 0 aliphatic heterocycles. The van der Waals surface area contributed by atoms with Gasteiger partial charge in [0.15, 0.2) is 6.29 Å². The van der Waals surface area contributed by atoms with Crippen molar-refractivity contribution < 1.29 is 4.79 Å². The normalized spacial score (nSPS) is 12.7. The second-order valence-electron chi connectivity index (χ2n) is 6.11. The third-order valence-electron chi connectivity index (χ3n) is 3.93. The summed E-state index contributed by atoms with van der Waals surface area (Å²) in [5.41, 5.74) is 12.9. The van der Waals surface area contributed by atoms with Crippen LogP contribution in [0.15, 0.2) is 71.5 Å². The molecular formula is C22H25BrN4OS.